The molecule has 1 heteroatoms. The minimum absolute atomic E-state index is 1.28. The summed E-state index contributed by atoms with van der Waals surface area (Å²) in [6.45, 7) is 0. The van der Waals surface area contributed by atoms with Gasteiger partial charge in [-0.3, -0.25) is 0 Å². The molecule has 4 aromatic carbocycles. The van der Waals surface area contributed by atoms with Gasteiger partial charge in [0, 0.05) is 15.3 Å². The van der Waals surface area contributed by atoms with Crippen LogP contribution in [0.1, 0.15) is 0 Å². The van der Waals surface area contributed by atoms with Crippen molar-refractivity contribution in [2.45, 2.75) is 0 Å². The van der Waals surface area contributed by atoms with Gasteiger partial charge in [0.1, 0.15) is 0 Å². The predicted octanol–water partition coefficient (Wildman–Crippen LogP) is 7.39. The Kier molecular flexibility index (Phi) is 3.39. The number of rotatable bonds is 2. The number of thiophene rings is 1. The van der Waals surface area contributed by atoms with Gasteiger partial charge < -0.3 is 0 Å². The molecular formula is C24H16S. The van der Waals surface area contributed by atoms with Gasteiger partial charge in [-0.25, -0.2) is 0 Å². The van der Waals surface area contributed by atoms with Gasteiger partial charge in [0.2, 0.25) is 0 Å². The van der Waals surface area contributed by atoms with Crippen LogP contribution in [-0.4, -0.2) is 0 Å². The zero-order valence-electron chi connectivity index (χ0n) is 13.6. The summed E-state index contributed by atoms with van der Waals surface area (Å²) in [5.74, 6) is 0. The van der Waals surface area contributed by atoms with Crippen molar-refractivity contribution < 1.29 is 0 Å². The highest BCUT2D eigenvalue weighted by atomic mass is 32.1. The molecule has 0 nitrogen and oxygen atoms in total. The van der Waals surface area contributed by atoms with E-state index < -0.39 is 0 Å². The van der Waals surface area contributed by atoms with Crippen molar-refractivity contribution in [3.63, 3.8) is 0 Å². The number of hydrogen-bond acceptors (Lipinski definition) is 1. The molecule has 0 aliphatic heterocycles. The van der Waals surface area contributed by atoms with Gasteiger partial charge in [-0.1, -0.05) is 78.9 Å². The van der Waals surface area contributed by atoms with Gasteiger partial charge in [0.25, 0.3) is 0 Å². The highest BCUT2D eigenvalue weighted by Crippen LogP contribution is 2.40. The van der Waals surface area contributed by atoms with Gasteiger partial charge in [-0.2, -0.15) is 0 Å². The van der Waals surface area contributed by atoms with Gasteiger partial charge in [-0.05, 0) is 45.3 Å². The lowest BCUT2D eigenvalue weighted by Gasteiger charge is -2.09. The molecular weight excluding hydrogens is 320 g/mol. The lowest BCUT2D eigenvalue weighted by atomic mass is 9.96. The first-order chi connectivity index (χ1) is 12.4. The number of fused-ring (bicyclic) bond motifs is 3. The van der Waals surface area contributed by atoms with Crippen LogP contribution in [0.25, 0.3) is 42.4 Å². The molecule has 0 aliphatic rings. The van der Waals surface area contributed by atoms with Crippen LogP contribution in [0.15, 0.2) is 97.1 Å². The van der Waals surface area contributed by atoms with Crippen LogP contribution in [0.3, 0.4) is 0 Å². The maximum absolute atomic E-state index is 2.33. The summed E-state index contributed by atoms with van der Waals surface area (Å²) in [6, 6.07) is 34.8. The molecule has 0 amide bonds. The molecule has 0 bridgehead atoms. The first-order valence-electron chi connectivity index (χ1n) is 8.46. The van der Waals surface area contributed by atoms with Crippen molar-refractivity contribution in [1.82, 2.24) is 0 Å². The summed E-state index contributed by atoms with van der Waals surface area (Å²) >= 11 is 1.86. The molecule has 0 spiro atoms. The van der Waals surface area contributed by atoms with Crippen molar-refractivity contribution in [2.75, 3.05) is 0 Å². The van der Waals surface area contributed by atoms with Gasteiger partial charge in [0.05, 0.1) is 0 Å². The lowest BCUT2D eigenvalue weighted by molar-refractivity contribution is 1.70. The Labute approximate surface area is 151 Å². The van der Waals surface area contributed by atoms with Gasteiger partial charge in [-0.15, -0.1) is 11.3 Å². The predicted molar refractivity (Wildman–Crippen MR) is 110 cm³/mol. The fourth-order valence-corrected chi connectivity index (χ4v) is 4.54. The molecule has 0 unspecified atom stereocenters. The summed E-state index contributed by atoms with van der Waals surface area (Å²) in [4.78, 5) is 2.63. The summed E-state index contributed by atoms with van der Waals surface area (Å²) in [5, 5.41) is 5.26. The fourth-order valence-electron chi connectivity index (χ4n) is 3.50. The Balaban J connectivity index is 1.76. The summed E-state index contributed by atoms with van der Waals surface area (Å²) in [7, 11) is 0. The molecule has 0 N–H and O–H groups in total. The lowest BCUT2D eigenvalue weighted by Crippen LogP contribution is -1.82. The Morgan fingerprint density at radius 2 is 1.12 bits per heavy atom. The largest absolute Gasteiger partial charge is 0.135 e. The topological polar surface area (TPSA) is 0 Å². The quantitative estimate of drug-likeness (QED) is 0.295. The maximum atomic E-state index is 2.33. The monoisotopic (exact) mass is 336 g/mol. The van der Waals surface area contributed by atoms with Crippen molar-refractivity contribution in [2.24, 2.45) is 0 Å². The molecule has 5 rings (SSSR count). The minimum atomic E-state index is 1.28. The molecule has 5 aromatic rings. The van der Waals surface area contributed by atoms with Gasteiger partial charge >= 0.3 is 0 Å². The normalized spacial score (nSPS) is 11.2. The molecule has 0 atom stereocenters. The Morgan fingerprint density at radius 1 is 0.480 bits per heavy atom. The summed E-state index contributed by atoms with van der Waals surface area (Å²) < 4.78 is 0. The minimum Gasteiger partial charge on any atom is -0.135 e. The average molecular weight is 336 g/mol. The SMILES string of the molecule is c1ccc(-c2ccc(-c3cc4ccccc4c4ccccc34)s2)cc1. The van der Waals surface area contributed by atoms with Crippen molar-refractivity contribution in [3.8, 4) is 20.9 Å². The maximum Gasteiger partial charge on any atom is 0.0355 e. The second-order valence-electron chi connectivity index (χ2n) is 6.22. The van der Waals surface area contributed by atoms with Crippen LogP contribution >= 0.6 is 11.3 Å². The molecule has 0 saturated carbocycles. The van der Waals surface area contributed by atoms with Crippen LogP contribution in [0.2, 0.25) is 0 Å². The fraction of sp³-hybridized carbons (Fsp3) is 0. The van der Waals surface area contributed by atoms with E-state index in [0.29, 0.717) is 0 Å². The van der Waals surface area contributed by atoms with Crippen LogP contribution < -0.4 is 0 Å². The molecule has 118 valence electrons. The van der Waals surface area contributed by atoms with E-state index in [9.17, 15) is 0 Å². The zero-order valence-corrected chi connectivity index (χ0v) is 14.5. The highest BCUT2D eigenvalue weighted by molar-refractivity contribution is 7.18. The Bertz CT molecular complexity index is 1180. The van der Waals surface area contributed by atoms with Crippen molar-refractivity contribution in [3.05, 3.63) is 97.1 Å². The van der Waals surface area contributed by atoms with E-state index in [1.807, 2.05) is 11.3 Å². The number of hydrogen-bond donors (Lipinski definition) is 0. The van der Waals surface area contributed by atoms with E-state index in [4.69, 9.17) is 0 Å². The van der Waals surface area contributed by atoms with E-state index >= 15 is 0 Å². The Hall–Kier alpha value is -2.90. The molecule has 0 fully saturated rings. The summed E-state index contributed by atoms with van der Waals surface area (Å²) in [5.41, 5.74) is 2.60. The average Bonchev–Trinajstić information content (AvgIpc) is 3.18. The van der Waals surface area contributed by atoms with Gasteiger partial charge in [0.15, 0.2) is 0 Å². The van der Waals surface area contributed by atoms with Crippen LogP contribution in [0.4, 0.5) is 0 Å². The first kappa shape index (κ1) is 14.4. The molecule has 1 heterocycles. The molecule has 0 aliphatic carbocycles. The third-order valence-electron chi connectivity index (χ3n) is 4.70. The zero-order chi connectivity index (χ0) is 16.6. The molecule has 0 saturated heterocycles. The van der Waals surface area contributed by atoms with Crippen LogP contribution in [0, 0.1) is 0 Å². The summed E-state index contributed by atoms with van der Waals surface area (Å²) in [6.07, 6.45) is 0. The van der Waals surface area contributed by atoms with E-state index in [2.05, 4.69) is 97.1 Å². The second kappa shape index (κ2) is 5.87. The first-order valence-corrected chi connectivity index (χ1v) is 9.28. The molecule has 25 heavy (non-hydrogen) atoms. The highest BCUT2D eigenvalue weighted by Gasteiger charge is 2.10. The van der Waals surface area contributed by atoms with E-state index in [0.717, 1.165) is 0 Å². The van der Waals surface area contributed by atoms with E-state index in [1.165, 1.54) is 42.4 Å². The van der Waals surface area contributed by atoms with E-state index in [-0.39, 0.29) is 0 Å². The molecule has 0 radical (unpaired) electrons. The standard InChI is InChI=1S/C24H16S/c1-2-8-17(9-3-1)23-14-15-24(25-23)22-16-18-10-4-5-11-19(18)20-12-6-7-13-21(20)22/h1-16H. The second-order valence-corrected chi connectivity index (χ2v) is 7.30. The number of benzene rings is 4. The molecule has 1 aromatic heterocycles. The van der Waals surface area contributed by atoms with E-state index in [1.54, 1.807) is 0 Å². The van der Waals surface area contributed by atoms with Crippen LogP contribution in [0.5, 0.6) is 0 Å². The third-order valence-corrected chi connectivity index (χ3v) is 5.87. The van der Waals surface area contributed by atoms with Crippen LogP contribution in [-0.2, 0) is 0 Å². The van der Waals surface area contributed by atoms with Crippen molar-refractivity contribution in [1.29, 1.82) is 0 Å². The van der Waals surface area contributed by atoms with Crippen molar-refractivity contribution >= 4 is 32.9 Å². The smallest absolute Gasteiger partial charge is 0.0355 e. The third kappa shape index (κ3) is 2.45. The Morgan fingerprint density at radius 3 is 1.96 bits per heavy atom.